The molecule has 0 saturated carbocycles. The quantitative estimate of drug-likeness (QED) is 0.610. The lowest BCUT2D eigenvalue weighted by atomic mass is 9.74. The van der Waals surface area contributed by atoms with Crippen LogP contribution in [0.4, 0.5) is 18.9 Å². The Morgan fingerprint density at radius 1 is 1.32 bits per heavy atom. The average molecular weight is 498 g/mol. The Kier molecular flexibility index (Phi) is 6.39. The van der Waals surface area contributed by atoms with Crippen LogP contribution in [-0.4, -0.2) is 61.7 Å². The van der Waals surface area contributed by atoms with E-state index < -0.39 is 32.7 Å². The number of aryl methyl sites for hydroxylation is 1. The Labute approximate surface area is 196 Å². The van der Waals surface area contributed by atoms with Crippen LogP contribution in [0.15, 0.2) is 35.7 Å². The van der Waals surface area contributed by atoms with E-state index in [1.807, 2.05) is 11.8 Å². The van der Waals surface area contributed by atoms with E-state index in [-0.39, 0.29) is 17.5 Å². The van der Waals surface area contributed by atoms with E-state index in [9.17, 15) is 21.6 Å². The fourth-order valence-corrected chi connectivity index (χ4v) is 6.49. The molecule has 4 rings (SSSR count). The monoisotopic (exact) mass is 497 g/mol. The number of anilines is 1. The van der Waals surface area contributed by atoms with Gasteiger partial charge in [0.25, 0.3) is 10.0 Å². The number of halogens is 3. The fourth-order valence-electron chi connectivity index (χ4n) is 4.97. The van der Waals surface area contributed by atoms with E-state index in [1.54, 1.807) is 17.7 Å². The molecule has 34 heavy (non-hydrogen) atoms. The lowest BCUT2D eigenvalue weighted by molar-refractivity contribution is -0.137. The van der Waals surface area contributed by atoms with Crippen molar-refractivity contribution in [2.45, 2.75) is 24.5 Å². The van der Waals surface area contributed by atoms with Gasteiger partial charge < -0.3 is 14.2 Å². The molecule has 1 aromatic heterocycles. The summed E-state index contributed by atoms with van der Waals surface area (Å²) in [5.41, 5.74) is -1.62. The molecule has 0 N–H and O–H groups in total. The third kappa shape index (κ3) is 4.39. The van der Waals surface area contributed by atoms with Gasteiger partial charge in [0.05, 0.1) is 30.1 Å². The second-order valence-electron chi connectivity index (χ2n) is 8.92. The molecule has 0 unspecified atom stereocenters. The Bertz CT molecular complexity index is 1210. The Hall–Kier alpha value is -2.62. The van der Waals surface area contributed by atoms with Crippen LogP contribution in [0.1, 0.15) is 24.5 Å². The SMILES string of the molecule is CCOC[C@@]12CN(c3ccc(C#N)c(C(F)(F)F)c3)C[C@@H]1CCN(S(=O)(=O)c1cn(C)cn1)C2. The number of rotatable bonds is 6. The van der Waals surface area contributed by atoms with Crippen LogP contribution < -0.4 is 4.90 Å². The van der Waals surface area contributed by atoms with Crippen LogP contribution in [0.25, 0.3) is 0 Å². The molecule has 2 atom stereocenters. The third-order valence-corrected chi connectivity index (χ3v) is 8.43. The van der Waals surface area contributed by atoms with E-state index in [2.05, 4.69) is 4.98 Å². The number of benzene rings is 1. The van der Waals surface area contributed by atoms with Crippen LogP contribution in [-0.2, 0) is 28.0 Å². The third-order valence-electron chi connectivity index (χ3n) is 6.70. The van der Waals surface area contributed by atoms with Gasteiger partial charge in [-0.1, -0.05) is 0 Å². The van der Waals surface area contributed by atoms with Crippen LogP contribution in [0.5, 0.6) is 0 Å². The summed E-state index contributed by atoms with van der Waals surface area (Å²) in [6.07, 6.45) is -1.22. The summed E-state index contributed by atoms with van der Waals surface area (Å²) in [6, 6.07) is 5.32. The summed E-state index contributed by atoms with van der Waals surface area (Å²) in [7, 11) is -2.13. The summed E-state index contributed by atoms with van der Waals surface area (Å²) >= 11 is 0. The molecule has 2 saturated heterocycles. The smallest absolute Gasteiger partial charge is 0.381 e. The van der Waals surface area contributed by atoms with E-state index in [0.29, 0.717) is 45.0 Å². The zero-order chi connectivity index (χ0) is 24.7. The predicted octanol–water partition coefficient (Wildman–Crippen LogP) is 2.86. The highest BCUT2D eigenvalue weighted by Gasteiger charge is 2.52. The second kappa shape index (κ2) is 8.87. The van der Waals surface area contributed by atoms with Gasteiger partial charge in [0.2, 0.25) is 0 Å². The molecule has 1 aromatic carbocycles. The Morgan fingerprint density at radius 2 is 2.09 bits per heavy atom. The number of alkyl halides is 3. The van der Waals surface area contributed by atoms with Crippen LogP contribution in [0.3, 0.4) is 0 Å². The highest BCUT2D eigenvalue weighted by molar-refractivity contribution is 7.89. The Balaban J connectivity index is 1.65. The van der Waals surface area contributed by atoms with Crippen molar-refractivity contribution in [1.82, 2.24) is 13.9 Å². The number of hydrogen-bond donors (Lipinski definition) is 0. The molecule has 184 valence electrons. The fraction of sp³-hybridized carbons (Fsp3) is 0.545. The van der Waals surface area contributed by atoms with Crippen LogP contribution >= 0.6 is 0 Å². The van der Waals surface area contributed by atoms with Gasteiger partial charge in [0.1, 0.15) is 0 Å². The number of ether oxygens (including phenoxy) is 1. The van der Waals surface area contributed by atoms with Crippen LogP contribution in [0, 0.1) is 22.7 Å². The number of piperidine rings is 1. The minimum absolute atomic E-state index is 0.0308. The summed E-state index contributed by atoms with van der Waals surface area (Å²) in [5.74, 6) is 0.0409. The molecule has 2 aromatic rings. The van der Waals surface area contributed by atoms with Crippen molar-refractivity contribution in [3.05, 3.63) is 41.9 Å². The molecule has 0 radical (unpaired) electrons. The minimum atomic E-state index is -4.65. The summed E-state index contributed by atoms with van der Waals surface area (Å²) in [5, 5.41) is 9.07. The van der Waals surface area contributed by atoms with E-state index in [1.165, 1.54) is 29.0 Å². The number of nitriles is 1. The Morgan fingerprint density at radius 3 is 2.71 bits per heavy atom. The van der Waals surface area contributed by atoms with E-state index >= 15 is 0 Å². The van der Waals surface area contributed by atoms with Gasteiger partial charge in [0.15, 0.2) is 5.03 Å². The van der Waals surface area contributed by atoms with Crippen molar-refractivity contribution in [3.8, 4) is 6.07 Å². The van der Waals surface area contributed by atoms with Crippen LogP contribution in [0.2, 0.25) is 0 Å². The number of nitrogens with zero attached hydrogens (tertiary/aromatic N) is 5. The molecule has 0 amide bonds. The van der Waals surface area contributed by atoms with E-state index in [0.717, 1.165) is 6.07 Å². The van der Waals surface area contributed by atoms with Gasteiger partial charge in [-0.15, -0.1) is 0 Å². The van der Waals surface area contributed by atoms with Gasteiger partial charge in [-0.25, -0.2) is 13.4 Å². The molecule has 2 aliphatic heterocycles. The molecule has 12 heteroatoms. The maximum absolute atomic E-state index is 13.5. The number of imidazole rings is 1. The highest BCUT2D eigenvalue weighted by atomic mass is 32.2. The first-order valence-corrected chi connectivity index (χ1v) is 12.4. The van der Waals surface area contributed by atoms with Crippen molar-refractivity contribution < 1.29 is 26.3 Å². The maximum Gasteiger partial charge on any atom is 0.417 e. The zero-order valence-corrected chi connectivity index (χ0v) is 19.7. The highest BCUT2D eigenvalue weighted by Crippen LogP contribution is 2.46. The van der Waals surface area contributed by atoms with Gasteiger partial charge in [-0.2, -0.15) is 22.7 Å². The average Bonchev–Trinajstić information content (AvgIpc) is 3.40. The summed E-state index contributed by atoms with van der Waals surface area (Å²) in [6.45, 7) is 3.89. The second-order valence-corrected chi connectivity index (χ2v) is 10.8. The lowest BCUT2D eigenvalue weighted by Gasteiger charge is -2.42. The minimum Gasteiger partial charge on any atom is -0.381 e. The zero-order valence-electron chi connectivity index (χ0n) is 18.9. The lowest BCUT2D eigenvalue weighted by Crippen LogP contribution is -2.53. The molecular weight excluding hydrogens is 471 g/mol. The normalized spacial score (nSPS) is 23.6. The van der Waals surface area contributed by atoms with Crippen molar-refractivity contribution in [2.75, 3.05) is 44.3 Å². The first-order chi connectivity index (χ1) is 16.0. The van der Waals surface area contributed by atoms with Crippen molar-refractivity contribution >= 4 is 15.7 Å². The summed E-state index contributed by atoms with van der Waals surface area (Å²) in [4.78, 5) is 5.85. The number of hydrogen-bond acceptors (Lipinski definition) is 6. The summed E-state index contributed by atoms with van der Waals surface area (Å²) < 4.78 is 75.7. The number of sulfonamides is 1. The maximum atomic E-state index is 13.5. The molecule has 0 aliphatic carbocycles. The van der Waals surface area contributed by atoms with Gasteiger partial charge in [-0.3, -0.25) is 0 Å². The van der Waals surface area contributed by atoms with Crippen molar-refractivity contribution in [1.29, 1.82) is 5.26 Å². The number of fused-ring (bicyclic) bond motifs is 1. The molecule has 0 spiro atoms. The molecule has 0 bridgehead atoms. The standard InChI is InChI=1S/C22H26F3N5O3S/c1-3-33-14-21-12-29(18-5-4-16(9-26)19(8-18)22(23,24)25)10-17(21)6-7-30(13-21)34(31,32)20-11-28(2)15-27-20/h4-5,8,11,15,17H,3,6-7,10,12-14H2,1-2H3/t17-,21-/m0/s1. The molecule has 2 fully saturated rings. The van der Waals surface area contributed by atoms with Gasteiger partial charge in [-0.05, 0) is 37.5 Å². The molecular formula is C22H26F3N5O3S. The first-order valence-electron chi connectivity index (χ1n) is 10.9. The predicted molar refractivity (Wildman–Crippen MR) is 117 cm³/mol. The van der Waals surface area contributed by atoms with Gasteiger partial charge in [0, 0.05) is 57.1 Å². The van der Waals surface area contributed by atoms with Gasteiger partial charge >= 0.3 is 6.18 Å². The van der Waals surface area contributed by atoms with E-state index in [4.69, 9.17) is 10.00 Å². The molecule has 3 heterocycles. The molecule has 8 nitrogen and oxygen atoms in total. The first kappa shape index (κ1) is 24.5. The largest absolute Gasteiger partial charge is 0.417 e. The molecule has 2 aliphatic rings. The van der Waals surface area contributed by atoms with Crippen molar-refractivity contribution in [2.24, 2.45) is 18.4 Å². The topological polar surface area (TPSA) is 91.5 Å². The number of aromatic nitrogens is 2. The van der Waals surface area contributed by atoms with Crippen molar-refractivity contribution in [3.63, 3.8) is 0 Å².